The van der Waals surface area contributed by atoms with Gasteiger partial charge in [-0.1, -0.05) is 0 Å². The van der Waals surface area contributed by atoms with E-state index in [1.165, 1.54) is 16.2 Å². The molecule has 6 heteroatoms. The maximum absolute atomic E-state index is 11.7. The topological polar surface area (TPSA) is 50.3 Å². The Morgan fingerprint density at radius 2 is 2.12 bits per heavy atom. The first kappa shape index (κ1) is 10.2. The van der Waals surface area contributed by atoms with E-state index in [0.717, 1.165) is 17.1 Å². The molecule has 0 bridgehead atoms. The van der Waals surface area contributed by atoms with Crippen molar-refractivity contribution in [2.24, 2.45) is 11.8 Å². The molecule has 2 fully saturated rings. The van der Waals surface area contributed by atoms with Gasteiger partial charge >= 0.3 is 0 Å². The van der Waals surface area contributed by atoms with Crippen molar-refractivity contribution in [1.29, 1.82) is 0 Å². The number of imide groups is 1. The Morgan fingerprint density at radius 1 is 1.44 bits per heavy atom. The summed E-state index contributed by atoms with van der Waals surface area (Å²) in [5, 5.41) is 2.63. The van der Waals surface area contributed by atoms with Crippen molar-refractivity contribution in [1.82, 2.24) is 9.88 Å². The van der Waals surface area contributed by atoms with Crippen LogP contribution in [-0.4, -0.2) is 21.7 Å². The van der Waals surface area contributed by atoms with E-state index in [9.17, 15) is 9.59 Å². The summed E-state index contributed by atoms with van der Waals surface area (Å²) in [4.78, 5) is 29.0. The smallest absolute Gasteiger partial charge is 0.233 e. The van der Waals surface area contributed by atoms with Crippen molar-refractivity contribution in [3.63, 3.8) is 0 Å². The molecule has 1 saturated heterocycles. The molecule has 4 nitrogen and oxygen atoms in total. The van der Waals surface area contributed by atoms with Crippen molar-refractivity contribution < 1.29 is 9.59 Å². The van der Waals surface area contributed by atoms with E-state index in [1.807, 2.05) is 5.38 Å². The fraction of sp³-hybridized carbons (Fsp3) is 0.500. The number of hydrogen-bond acceptors (Lipinski definition) is 4. The van der Waals surface area contributed by atoms with Gasteiger partial charge in [0, 0.05) is 5.38 Å². The minimum absolute atomic E-state index is 0.0278. The Hall–Kier alpha value is -0.940. The molecule has 1 aliphatic heterocycles. The number of halogens is 1. The summed E-state index contributed by atoms with van der Waals surface area (Å²) in [7, 11) is 0. The maximum Gasteiger partial charge on any atom is 0.233 e. The Kier molecular flexibility index (Phi) is 2.26. The number of carbonyl (C=O) groups is 2. The summed E-state index contributed by atoms with van der Waals surface area (Å²) < 4.78 is 0. The van der Waals surface area contributed by atoms with Crippen molar-refractivity contribution in [2.45, 2.75) is 18.8 Å². The Morgan fingerprint density at radius 3 is 2.69 bits per heavy atom. The van der Waals surface area contributed by atoms with Crippen LogP contribution in [0.25, 0.3) is 0 Å². The number of nitrogens with zero attached hydrogens (tertiary/aromatic N) is 2. The zero-order valence-corrected chi connectivity index (χ0v) is 9.92. The lowest BCUT2D eigenvalue weighted by Gasteiger charge is -2.14. The van der Waals surface area contributed by atoms with Gasteiger partial charge in [-0.3, -0.25) is 14.5 Å². The molecule has 1 aromatic heterocycles. The summed E-state index contributed by atoms with van der Waals surface area (Å²) in [5.41, 5.74) is 0.797. The third-order valence-corrected chi connectivity index (χ3v) is 4.14. The molecule has 2 amide bonds. The van der Waals surface area contributed by atoms with Crippen LogP contribution in [0.4, 0.5) is 0 Å². The number of thiazole rings is 1. The van der Waals surface area contributed by atoms with Crippen molar-refractivity contribution in [3.05, 3.63) is 16.1 Å². The highest BCUT2D eigenvalue weighted by Gasteiger charge is 2.58. The first-order valence-electron chi connectivity index (χ1n) is 5.05. The van der Waals surface area contributed by atoms with Crippen LogP contribution in [-0.2, 0) is 22.0 Å². The number of aromatic nitrogens is 1. The van der Waals surface area contributed by atoms with E-state index < -0.39 is 0 Å². The van der Waals surface area contributed by atoms with Gasteiger partial charge in [0.25, 0.3) is 0 Å². The van der Waals surface area contributed by atoms with Gasteiger partial charge in [0.05, 0.1) is 30.0 Å². The normalized spacial score (nSPS) is 27.4. The van der Waals surface area contributed by atoms with E-state index in [1.54, 1.807) is 0 Å². The molecule has 3 rings (SSSR count). The third-order valence-electron chi connectivity index (χ3n) is 2.99. The minimum Gasteiger partial charge on any atom is -0.275 e. The average Bonchev–Trinajstić information content (AvgIpc) is 2.90. The Bertz CT molecular complexity index is 453. The van der Waals surface area contributed by atoms with Crippen LogP contribution >= 0.6 is 22.9 Å². The predicted molar refractivity (Wildman–Crippen MR) is 58.8 cm³/mol. The molecule has 84 valence electrons. The van der Waals surface area contributed by atoms with Crippen LogP contribution in [0.5, 0.6) is 0 Å². The highest BCUT2D eigenvalue weighted by atomic mass is 35.5. The average molecular weight is 257 g/mol. The number of carbonyl (C=O) groups excluding carboxylic acids is 2. The predicted octanol–water partition coefficient (Wildman–Crippen LogP) is 1.39. The van der Waals surface area contributed by atoms with Gasteiger partial charge in [0.2, 0.25) is 11.8 Å². The van der Waals surface area contributed by atoms with Gasteiger partial charge in [0.15, 0.2) is 0 Å². The number of piperidine rings is 1. The van der Waals surface area contributed by atoms with Gasteiger partial charge in [-0.2, -0.15) is 0 Å². The summed E-state index contributed by atoms with van der Waals surface area (Å²) in [5.74, 6) is 0.249. The van der Waals surface area contributed by atoms with E-state index in [4.69, 9.17) is 11.6 Å². The molecule has 1 aliphatic carbocycles. The lowest BCUT2D eigenvalue weighted by molar-refractivity contribution is -0.142. The maximum atomic E-state index is 11.7. The fourth-order valence-electron chi connectivity index (χ4n) is 2.02. The molecular formula is C10H9ClN2O2S. The van der Waals surface area contributed by atoms with Crippen LogP contribution in [0.3, 0.4) is 0 Å². The highest BCUT2D eigenvalue weighted by molar-refractivity contribution is 7.09. The highest BCUT2D eigenvalue weighted by Crippen LogP contribution is 2.47. The van der Waals surface area contributed by atoms with Crippen LogP contribution in [0.15, 0.2) is 5.38 Å². The first-order valence-corrected chi connectivity index (χ1v) is 6.46. The first-order chi connectivity index (χ1) is 7.70. The molecule has 16 heavy (non-hydrogen) atoms. The van der Waals surface area contributed by atoms with Gasteiger partial charge in [-0.25, -0.2) is 4.98 Å². The monoisotopic (exact) mass is 256 g/mol. The van der Waals surface area contributed by atoms with E-state index in [0.29, 0.717) is 12.4 Å². The Balaban J connectivity index is 1.75. The van der Waals surface area contributed by atoms with Gasteiger partial charge in [-0.05, 0) is 6.42 Å². The number of alkyl halides is 1. The molecule has 0 radical (unpaired) electrons. The number of fused-ring (bicyclic) bond motifs is 1. The summed E-state index contributed by atoms with van der Waals surface area (Å²) in [6, 6.07) is 0. The SMILES string of the molecule is O=C1C2CC2C(=O)N1Cc1nc(CCl)cs1. The van der Waals surface area contributed by atoms with E-state index in [-0.39, 0.29) is 23.7 Å². The van der Waals surface area contributed by atoms with Crippen LogP contribution in [0, 0.1) is 11.8 Å². The summed E-state index contributed by atoms with van der Waals surface area (Å²) in [6.07, 6.45) is 0.749. The number of rotatable bonds is 3. The van der Waals surface area contributed by atoms with E-state index in [2.05, 4.69) is 4.98 Å². The number of amides is 2. The van der Waals surface area contributed by atoms with Crippen molar-refractivity contribution in [3.8, 4) is 0 Å². The standard InChI is InChI=1S/C10H9ClN2O2S/c11-2-5-4-16-8(12-5)3-13-9(14)6-1-7(6)10(13)15/h4,6-7H,1-3H2. The van der Waals surface area contributed by atoms with Gasteiger partial charge < -0.3 is 0 Å². The van der Waals surface area contributed by atoms with E-state index >= 15 is 0 Å². The largest absolute Gasteiger partial charge is 0.275 e. The zero-order chi connectivity index (χ0) is 11.3. The van der Waals surface area contributed by atoms with Crippen molar-refractivity contribution >= 4 is 34.8 Å². The summed E-state index contributed by atoms with van der Waals surface area (Å²) in [6.45, 7) is 0.312. The molecule has 2 atom stereocenters. The molecule has 2 unspecified atom stereocenters. The second-order valence-electron chi connectivity index (χ2n) is 4.08. The quantitative estimate of drug-likeness (QED) is 0.607. The Labute approximate surface area is 101 Å². The number of hydrogen-bond donors (Lipinski definition) is 0. The second kappa shape index (κ2) is 3.53. The number of likely N-dealkylation sites (tertiary alicyclic amines) is 1. The van der Waals surface area contributed by atoms with Crippen LogP contribution in [0.2, 0.25) is 0 Å². The summed E-state index contributed by atoms with van der Waals surface area (Å²) >= 11 is 7.08. The molecule has 1 saturated carbocycles. The van der Waals surface area contributed by atoms with Crippen LogP contribution in [0.1, 0.15) is 17.1 Å². The third kappa shape index (κ3) is 1.46. The van der Waals surface area contributed by atoms with Crippen LogP contribution < -0.4 is 0 Å². The molecular weight excluding hydrogens is 248 g/mol. The van der Waals surface area contributed by atoms with Gasteiger partial charge in [0.1, 0.15) is 5.01 Å². The minimum atomic E-state index is -0.0300. The lowest BCUT2D eigenvalue weighted by Crippen LogP contribution is -2.32. The zero-order valence-electron chi connectivity index (χ0n) is 8.35. The molecule has 2 aliphatic rings. The molecule has 0 N–H and O–H groups in total. The molecule has 2 heterocycles. The molecule has 1 aromatic rings. The molecule has 0 spiro atoms. The fourth-order valence-corrected chi connectivity index (χ4v) is 3.03. The van der Waals surface area contributed by atoms with Gasteiger partial charge in [-0.15, -0.1) is 22.9 Å². The van der Waals surface area contributed by atoms with Crippen molar-refractivity contribution in [2.75, 3.05) is 0 Å². The molecule has 0 aromatic carbocycles. The lowest BCUT2D eigenvalue weighted by atomic mass is 10.4. The second-order valence-corrected chi connectivity index (χ2v) is 5.29.